The molecular formula is C17H22FN3O2. The van der Waals surface area contributed by atoms with Crippen LogP contribution in [0.5, 0.6) is 0 Å². The van der Waals surface area contributed by atoms with Gasteiger partial charge in [0, 0.05) is 6.54 Å². The summed E-state index contributed by atoms with van der Waals surface area (Å²) >= 11 is 0. The van der Waals surface area contributed by atoms with Crippen LogP contribution in [0.3, 0.4) is 0 Å². The average molecular weight is 319 g/mol. The number of nitrogens with one attached hydrogen (secondary N) is 1. The van der Waals surface area contributed by atoms with E-state index in [-0.39, 0.29) is 17.8 Å². The minimum Gasteiger partial charge on any atom is -0.465 e. The third kappa shape index (κ3) is 3.22. The van der Waals surface area contributed by atoms with Gasteiger partial charge in [0.1, 0.15) is 17.4 Å². The lowest BCUT2D eigenvalue weighted by Crippen LogP contribution is -2.40. The third-order valence-corrected chi connectivity index (χ3v) is 4.24. The van der Waals surface area contributed by atoms with Crippen molar-refractivity contribution >= 4 is 17.0 Å². The van der Waals surface area contributed by atoms with Gasteiger partial charge in [-0.15, -0.1) is 0 Å². The van der Waals surface area contributed by atoms with Crippen LogP contribution < -0.4 is 5.32 Å². The molecule has 0 amide bonds. The van der Waals surface area contributed by atoms with Gasteiger partial charge in [-0.2, -0.15) is 0 Å². The maximum absolute atomic E-state index is 13.9. The number of imidazole rings is 1. The van der Waals surface area contributed by atoms with Crippen molar-refractivity contribution < 1.29 is 13.9 Å². The van der Waals surface area contributed by atoms with E-state index in [0.717, 1.165) is 24.2 Å². The van der Waals surface area contributed by atoms with E-state index in [1.807, 2.05) is 17.6 Å². The van der Waals surface area contributed by atoms with E-state index in [4.69, 9.17) is 4.74 Å². The molecule has 124 valence electrons. The van der Waals surface area contributed by atoms with E-state index in [9.17, 15) is 9.18 Å². The van der Waals surface area contributed by atoms with Gasteiger partial charge in [-0.25, -0.2) is 9.37 Å². The molecule has 1 aliphatic carbocycles. The zero-order chi connectivity index (χ0) is 16.4. The first kappa shape index (κ1) is 15.9. The van der Waals surface area contributed by atoms with E-state index in [0.29, 0.717) is 31.1 Å². The Labute approximate surface area is 134 Å². The highest BCUT2D eigenvalue weighted by molar-refractivity contribution is 5.77. The van der Waals surface area contributed by atoms with Gasteiger partial charge >= 0.3 is 5.97 Å². The Balaban J connectivity index is 1.80. The normalized spacial score (nSPS) is 15.8. The summed E-state index contributed by atoms with van der Waals surface area (Å²) in [5.74, 6) is 0.549. The van der Waals surface area contributed by atoms with Crippen molar-refractivity contribution in [3.63, 3.8) is 0 Å². The van der Waals surface area contributed by atoms with Crippen LogP contribution in [-0.2, 0) is 22.6 Å². The predicted octanol–water partition coefficient (Wildman–Crippen LogP) is 2.63. The lowest BCUT2D eigenvalue weighted by atomic mass is 10.2. The maximum atomic E-state index is 13.9. The molecule has 1 N–H and O–H groups in total. The van der Waals surface area contributed by atoms with Crippen molar-refractivity contribution in [3.05, 3.63) is 29.8 Å². The third-order valence-electron chi connectivity index (χ3n) is 4.24. The summed E-state index contributed by atoms with van der Waals surface area (Å²) in [5.41, 5.74) is 1.16. The van der Waals surface area contributed by atoms with Crippen LogP contribution in [0.15, 0.2) is 18.2 Å². The first-order valence-electron chi connectivity index (χ1n) is 8.19. The van der Waals surface area contributed by atoms with E-state index in [1.54, 1.807) is 13.0 Å². The fraction of sp³-hybridized carbons (Fsp3) is 0.529. The second kappa shape index (κ2) is 6.66. The predicted molar refractivity (Wildman–Crippen MR) is 85.3 cm³/mol. The van der Waals surface area contributed by atoms with E-state index in [1.165, 1.54) is 6.07 Å². The van der Waals surface area contributed by atoms with Crippen molar-refractivity contribution in [2.45, 2.75) is 45.8 Å². The monoisotopic (exact) mass is 319 g/mol. The molecule has 1 aromatic heterocycles. The summed E-state index contributed by atoms with van der Waals surface area (Å²) in [4.78, 5) is 16.5. The Hall–Kier alpha value is -1.95. The summed E-state index contributed by atoms with van der Waals surface area (Å²) in [7, 11) is 0. The Morgan fingerprint density at radius 2 is 2.26 bits per heavy atom. The molecule has 1 atom stereocenters. The number of esters is 1. The summed E-state index contributed by atoms with van der Waals surface area (Å²) in [6, 6.07) is 4.67. The number of fused-ring (bicyclic) bond motifs is 1. The Morgan fingerprint density at radius 3 is 2.91 bits per heavy atom. The number of hydrogen-bond donors (Lipinski definition) is 1. The summed E-state index contributed by atoms with van der Waals surface area (Å²) < 4.78 is 21.0. The number of aromatic nitrogens is 2. The van der Waals surface area contributed by atoms with E-state index < -0.39 is 0 Å². The topological polar surface area (TPSA) is 56.1 Å². The number of hydrogen-bond acceptors (Lipinski definition) is 4. The SMILES string of the molecule is CCOC(=O)C(NCc1nc2c(F)cccc2n1CC)C1CC1. The summed E-state index contributed by atoms with van der Waals surface area (Å²) in [6.45, 7) is 5.30. The second-order valence-corrected chi connectivity index (χ2v) is 5.83. The standard InChI is InChI=1S/C17H22FN3O2/c1-3-21-13-7-5-6-12(18)16(13)20-14(21)10-19-15(11-8-9-11)17(22)23-4-2/h5-7,11,15,19H,3-4,8-10H2,1-2H3. The summed E-state index contributed by atoms with van der Waals surface area (Å²) in [5, 5.41) is 3.26. The lowest BCUT2D eigenvalue weighted by molar-refractivity contribution is -0.146. The second-order valence-electron chi connectivity index (χ2n) is 5.83. The molecule has 0 aliphatic heterocycles. The van der Waals surface area contributed by atoms with Crippen LogP contribution in [0, 0.1) is 11.7 Å². The number of para-hydroxylation sites is 1. The van der Waals surface area contributed by atoms with Crippen molar-refractivity contribution in [1.82, 2.24) is 14.9 Å². The number of benzene rings is 1. The molecule has 5 nitrogen and oxygen atoms in total. The minimum atomic E-state index is -0.319. The molecule has 1 aliphatic rings. The number of nitrogens with zero attached hydrogens (tertiary/aromatic N) is 2. The molecule has 0 saturated heterocycles. The van der Waals surface area contributed by atoms with Gasteiger partial charge in [-0.1, -0.05) is 6.07 Å². The van der Waals surface area contributed by atoms with Crippen LogP contribution in [0.25, 0.3) is 11.0 Å². The molecule has 6 heteroatoms. The van der Waals surface area contributed by atoms with Crippen LogP contribution in [0.1, 0.15) is 32.5 Å². The zero-order valence-electron chi connectivity index (χ0n) is 13.5. The number of carbonyl (C=O) groups excluding carboxylic acids is 1. The minimum absolute atomic E-state index is 0.208. The highest BCUT2D eigenvalue weighted by Crippen LogP contribution is 2.33. The molecule has 1 unspecified atom stereocenters. The largest absolute Gasteiger partial charge is 0.465 e. The fourth-order valence-electron chi connectivity index (χ4n) is 2.95. The van der Waals surface area contributed by atoms with Crippen LogP contribution in [0.2, 0.25) is 0 Å². The molecule has 2 aromatic rings. The summed E-state index contributed by atoms with van der Waals surface area (Å²) in [6.07, 6.45) is 2.07. The number of rotatable bonds is 7. The van der Waals surface area contributed by atoms with Gasteiger partial charge in [-0.3, -0.25) is 10.1 Å². The fourth-order valence-corrected chi connectivity index (χ4v) is 2.95. The van der Waals surface area contributed by atoms with Crippen LogP contribution in [-0.4, -0.2) is 28.2 Å². The molecule has 0 spiro atoms. The first-order valence-corrected chi connectivity index (χ1v) is 8.19. The van der Waals surface area contributed by atoms with Crippen molar-refractivity contribution in [1.29, 1.82) is 0 Å². The smallest absolute Gasteiger partial charge is 0.323 e. The lowest BCUT2D eigenvalue weighted by Gasteiger charge is -2.16. The Morgan fingerprint density at radius 1 is 1.48 bits per heavy atom. The Bertz CT molecular complexity index is 709. The van der Waals surface area contributed by atoms with Crippen molar-refractivity contribution in [3.8, 4) is 0 Å². The van der Waals surface area contributed by atoms with Crippen LogP contribution >= 0.6 is 0 Å². The molecule has 1 fully saturated rings. The Kier molecular flexibility index (Phi) is 4.61. The molecule has 3 rings (SSSR count). The molecule has 23 heavy (non-hydrogen) atoms. The molecule has 0 radical (unpaired) electrons. The van der Waals surface area contributed by atoms with Gasteiger partial charge in [0.05, 0.1) is 18.7 Å². The van der Waals surface area contributed by atoms with Gasteiger partial charge in [0.15, 0.2) is 5.82 Å². The molecular weight excluding hydrogens is 297 g/mol. The van der Waals surface area contributed by atoms with Gasteiger partial charge < -0.3 is 9.30 Å². The van der Waals surface area contributed by atoms with Gasteiger partial charge in [0.2, 0.25) is 0 Å². The first-order chi connectivity index (χ1) is 11.2. The van der Waals surface area contributed by atoms with Crippen LogP contribution in [0.4, 0.5) is 4.39 Å². The van der Waals surface area contributed by atoms with Crippen molar-refractivity contribution in [2.24, 2.45) is 5.92 Å². The number of aryl methyl sites for hydroxylation is 1. The molecule has 1 saturated carbocycles. The molecule has 0 bridgehead atoms. The highest BCUT2D eigenvalue weighted by atomic mass is 19.1. The quantitative estimate of drug-likeness (QED) is 0.797. The number of halogens is 1. The maximum Gasteiger partial charge on any atom is 0.323 e. The van der Waals surface area contributed by atoms with Gasteiger partial charge in [0.25, 0.3) is 0 Å². The number of ether oxygens (including phenoxy) is 1. The average Bonchev–Trinajstić information content (AvgIpc) is 3.29. The molecule has 1 aromatic carbocycles. The zero-order valence-corrected chi connectivity index (χ0v) is 13.5. The number of carbonyl (C=O) groups is 1. The highest BCUT2D eigenvalue weighted by Gasteiger charge is 2.37. The molecule has 1 heterocycles. The van der Waals surface area contributed by atoms with E-state index >= 15 is 0 Å². The van der Waals surface area contributed by atoms with E-state index in [2.05, 4.69) is 10.3 Å². The van der Waals surface area contributed by atoms with Gasteiger partial charge in [-0.05, 0) is 44.7 Å². The van der Waals surface area contributed by atoms with Crippen molar-refractivity contribution in [2.75, 3.05) is 6.61 Å².